The van der Waals surface area contributed by atoms with E-state index in [0.29, 0.717) is 18.1 Å². The summed E-state index contributed by atoms with van der Waals surface area (Å²) in [4.78, 5) is 0. The number of aliphatic hydroxyl groups excluding tert-OH is 1. The van der Waals surface area contributed by atoms with Gasteiger partial charge >= 0.3 is 6.36 Å². The molecule has 0 aromatic heterocycles. The first-order valence-corrected chi connectivity index (χ1v) is 7.52. The van der Waals surface area contributed by atoms with E-state index >= 15 is 0 Å². The Labute approximate surface area is 121 Å². The van der Waals surface area contributed by atoms with E-state index in [9.17, 15) is 18.3 Å². The maximum absolute atomic E-state index is 12.0. The molecule has 2 nitrogen and oxygen atoms in total. The lowest BCUT2D eigenvalue weighted by Gasteiger charge is -2.12. The second-order valence-electron chi connectivity index (χ2n) is 4.98. The number of rotatable bonds is 7. The van der Waals surface area contributed by atoms with E-state index in [-0.39, 0.29) is 5.75 Å². The molecular formula is C14H19F3O2S. The third-order valence-electron chi connectivity index (χ3n) is 2.39. The average molecular weight is 308 g/mol. The van der Waals surface area contributed by atoms with E-state index in [1.54, 1.807) is 11.8 Å². The lowest BCUT2D eigenvalue weighted by Crippen LogP contribution is -2.17. The molecule has 0 saturated carbocycles. The minimum Gasteiger partial charge on any atom is -0.406 e. The monoisotopic (exact) mass is 308 g/mol. The molecule has 0 amide bonds. The Kier molecular flexibility index (Phi) is 6.68. The summed E-state index contributed by atoms with van der Waals surface area (Å²) in [6, 6.07) is 5.60. The van der Waals surface area contributed by atoms with Gasteiger partial charge in [0.1, 0.15) is 5.75 Å². The highest BCUT2D eigenvalue weighted by molar-refractivity contribution is 7.99. The zero-order valence-electron chi connectivity index (χ0n) is 11.5. The van der Waals surface area contributed by atoms with E-state index in [4.69, 9.17) is 0 Å². The molecule has 1 N–H and O–H groups in total. The number of halogens is 3. The Morgan fingerprint density at radius 3 is 2.25 bits per heavy atom. The summed E-state index contributed by atoms with van der Waals surface area (Å²) in [6.45, 7) is 4.22. The van der Waals surface area contributed by atoms with Crippen molar-refractivity contribution in [2.45, 2.75) is 32.7 Å². The van der Waals surface area contributed by atoms with E-state index in [0.717, 1.165) is 11.3 Å². The van der Waals surface area contributed by atoms with Gasteiger partial charge in [-0.1, -0.05) is 26.0 Å². The maximum Gasteiger partial charge on any atom is 0.573 e. The van der Waals surface area contributed by atoms with Gasteiger partial charge in [-0.05, 0) is 35.8 Å². The number of thioether (sulfide) groups is 1. The van der Waals surface area contributed by atoms with Crippen molar-refractivity contribution in [1.82, 2.24) is 0 Å². The van der Waals surface area contributed by atoms with Gasteiger partial charge in [-0.3, -0.25) is 0 Å². The first-order valence-electron chi connectivity index (χ1n) is 6.37. The van der Waals surface area contributed by atoms with Gasteiger partial charge in [-0.25, -0.2) is 0 Å². The van der Waals surface area contributed by atoms with Gasteiger partial charge in [0, 0.05) is 5.75 Å². The van der Waals surface area contributed by atoms with Crippen LogP contribution in [0.3, 0.4) is 0 Å². The fourth-order valence-electron chi connectivity index (χ4n) is 1.60. The highest BCUT2D eigenvalue weighted by atomic mass is 32.2. The minimum absolute atomic E-state index is 0.245. The Balaban J connectivity index is 2.41. The predicted molar refractivity (Wildman–Crippen MR) is 75.0 cm³/mol. The maximum atomic E-state index is 12.0. The van der Waals surface area contributed by atoms with Crippen LogP contribution in [0.2, 0.25) is 0 Å². The van der Waals surface area contributed by atoms with Crippen LogP contribution >= 0.6 is 11.8 Å². The van der Waals surface area contributed by atoms with Crippen LogP contribution in [0.15, 0.2) is 24.3 Å². The summed E-state index contributed by atoms with van der Waals surface area (Å²) in [5.41, 5.74) is 0.789. The Hall–Kier alpha value is -0.880. The highest BCUT2D eigenvalue weighted by Gasteiger charge is 2.30. The molecule has 114 valence electrons. The second-order valence-corrected chi connectivity index (χ2v) is 6.06. The fourth-order valence-corrected chi connectivity index (χ4v) is 2.60. The minimum atomic E-state index is -4.67. The van der Waals surface area contributed by atoms with E-state index in [2.05, 4.69) is 18.6 Å². The van der Waals surface area contributed by atoms with E-state index in [1.165, 1.54) is 24.3 Å². The molecule has 1 aromatic rings. The number of benzene rings is 1. The third-order valence-corrected chi connectivity index (χ3v) is 3.91. The summed E-state index contributed by atoms with van der Waals surface area (Å²) in [6.07, 6.45) is -4.74. The van der Waals surface area contributed by atoms with Crippen LogP contribution in [0, 0.1) is 5.92 Å². The third kappa shape index (κ3) is 7.65. The van der Waals surface area contributed by atoms with E-state index < -0.39 is 12.5 Å². The Morgan fingerprint density at radius 2 is 1.75 bits per heavy atom. The molecule has 0 saturated heterocycles. The molecule has 0 aliphatic carbocycles. The van der Waals surface area contributed by atoms with Crippen molar-refractivity contribution < 1.29 is 23.0 Å². The van der Waals surface area contributed by atoms with Gasteiger partial charge in [0.05, 0.1) is 6.10 Å². The molecule has 0 spiro atoms. The van der Waals surface area contributed by atoms with E-state index in [1.807, 2.05) is 0 Å². The van der Waals surface area contributed by atoms with Gasteiger partial charge in [0.25, 0.3) is 0 Å². The molecule has 0 aliphatic heterocycles. The van der Waals surface area contributed by atoms with Crippen LogP contribution in [-0.4, -0.2) is 29.1 Å². The summed E-state index contributed by atoms with van der Waals surface area (Å²) in [7, 11) is 0. The summed E-state index contributed by atoms with van der Waals surface area (Å²) >= 11 is 1.68. The smallest absolute Gasteiger partial charge is 0.406 e. The average Bonchev–Trinajstić information content (AvgIpc) is 2.29. The number of hydrogen-bond donors (Lipinski definition) is 1. The van der Waals surface area contributed by atoms with Gasteiger partial charge in [0.2, 0.25) is 0 Å². The van der Waals surface area contributed by atoms with Crippen molar-refractivity contribution >= 4 is 11.8 Å². The molecule has 1 atom stereocenters. The fraction of sp³-hybridized carbons (Fsp3) is 0.571. The molecule has 0 aliphatic rings. The zero-order chi connectivity index (χ0) is 15.2. The SMILES string of the molecule is CC(C)CSCC(O)Cc1ccc(OC(F)(F)F)cc1. The van der Waals surface area contributed by atoms with Gasteiger partial charge in [-0.15, -0.1) is 13.2 Å². The number of hydrogen-bond acceptors (Lipinski definition) is 3. The van der Waals surface area contributed by atoms with Crippen LogP contribution in [-0.2, 0) is 6.42 Å². The summed E-state index contributed by atoms with van der Waals surface area (Å²) < 4.78 is 39.8. The van der Waals surface area contributed by atoms with Crippen LogP contribution in [0.1, 0.15) is 19.4 Å². The van der Waals surface area contributed by atoms with Crippen molar-refractivity contribution in [3.63, 3.8) is 0 Å². The van der Waals surface area contributed by atoms with Gasteiger partial charge < -0.3 is 9.84 Å². The molecule has 0 radical (unpaired) electrons. The lowest BCUT2D eigenvalue weighted by atomic mass is 10.1. The first-order chi connectivity index (χ1) is 9.26. The van der Waals surface area contributed by atoms with Crippen molar-refractivity contribution in [2.24, 2.45) is 5.92 Å². The summed E-state index contributed by atoms with van der Waals surface area (Å²) in [5.74, 6) is 1.94. The highest BCUT2D eigenvalue weighted by Crippen LogP contribution is 2.23. The molecule has 0 fully saturated rings. The molecule has 1 aromatic carbocycles. The Morgan fingerprint density at radius 1 is 1.15 bits per heavy atom. The van der Waals surface area contributed by atoms with Crippen molar-refractivity contribution in [1.29, 1.82) is 0 Å². The molecule has 20 heavy (non-hydrogen) atoms. The number of alkyl halides is 3. The standard InChI is InChI=1S/C14H19F3O2S/c1-10(2)8-20-9-12(18)7-11-3-5-13(6-4-11)19-14(15,16)17/h3-6,10,12,18H,7-9H2,1-2H3. The second kappa shape index (κ2) is 7.78. The van der Waals surface area contributed by atoms with Crippen LogP contribution in [0.25, 0.3) is 0 Å². The van der Waals surface area contributed by atoms with Gasteiger partial charge in [0.15, 0.2) is 0 Å². The molecule has 1 unspecified atom stereocenters. The molecular weight excluding hydrogens is 289 g/mol. The first kappa shape index (κ1) is 17.2. The lowest BCUT2D eigenvalue weighted by molar-refractivity contribution is -0.274. The molecule has 0 heterocycles. The quantitative estimate of drug-likeness (QED) is 0.829. The normalized spacial score (nSPS) is 13.6. The van der Waals surface area contributed by atoms with Crippen LogP contribution < -0.4 is 4.74 Å². The van der Waals surface area contributed by atoms with Crippen molar-refractivity contribution in [2.75, 3.05) is 11.5 Å². The Bertz CT molecular complexity index is 390. The van der Waals surface area contributed by atoms with Crippen molar-refractivity contribution in [3.8, 4) is 5.75 Å². The predicted octanol–water partition coefficient (Wildman–Crippen LogP) is 3.88. The molecule has 6 heteroatoms. The number of ether oxygens (including phenoxy) is 1. The van der Waals surface area contributed by atoms with Crippen LogP contribution in [0.4, 0.5) is 13.2 Å². The van der Waals surface area contributed by atoms with Crippen molar-refractivity contribution in [3.05, 3.63) is 29.8 Å². The zero-order valence-corrected chi connectivity index (χ0v) is 12.3. The largest absolute Gasteiger partial charge is 0.573 e. The van der Waals surface area contributed by atoms with Gasteiger partial charge in [-0.2, -0.15) is 11.8 Å². The topological polar surface area (TPSA) is 29.5 Å². The number of aliphatic hydroxyl groups is 1. The summed E-state index contributed by atoms with van der Waals surface area (Å²) in [5, 5.41) is 9.84. The molecule has 1 rings (SSSR count). The molecule has 0 bridgehead atoms. The van der Waals surface area contributed by atoms with Crippen LogP contribution in [0.5, 0.6) is 5.75 Å².